The van der Waals surface area contributed by atoms with Gasteiger partial charge in [0.15, 0.2) is 0 Å². The summed E-state index contributed by atoms with van der Waals surface area (Å²) in [6, 6.07) is 4.90. The van der Waals surface area contributed by atoms with E-state index in [1.165, 1.54) is 0 Å². The van der Waals surface area contributed by atoms with Crippen LogP contribution in [0.3, 0.4) is 0 Å². The molecule has 0 aromatic heterocycles. The van der Waals surface area contributed by atoms with E-state index in [0.29, 0.717) is 16.5 Å². The Balaban J connectivity index is 2.58. The molecule has 1 N–H and O–H groups in total. The van der Waals surface area contributed by atoms with Gasteiger partial charge >= 0.3 is 6.09 Å². The van der Waals surface area contributed by atoms with E-state index < -0.39 is 11.7 Å². The number of hydrogen-bond acceptors (Lipinski definition) is 2. The number of hydrogen-bond donors (Lipinski definition) is 1. The molecule has 1 atom stereocenters. The minimum Gasteiger partial charge on any atom is -0.444 e. The lowest BCUT2D eigenvalue weighted by Crippen LogP contribution is -2.38. The number of carbonyl (C=O) groups excluding carboxylic acids is 1. The van der Waals surface area contributed by atoms with E-state index in [2.05, 4.69) is 21.2 Å². The normalized spacial score (nSPS) is 12.9. The fourth-order valence-electron chi connectivity index (χ4n) is 1.60. The molecular weight excluding hydrogens is 313 g/mol. The van der Waals surface area contributed by atoms with Crippen LogP contribution in [-0.4, -0.2) is 17.7 Å². The molecule has 1 aromatic carbocycles. The van der Waals surface area contributed by atoms with Crippen LogP contribution in [0.4, 0.5) is 9.18 Å². The molecule has 106 valence electrons. The van der Waals surface area contributed by atoms with Gasteiger partial charge in [-0.2, -0.15) is 0 Å². The van der Waals surface area contributed by atoms with Crippen LogP contribution in [0.5, 0.6) is 0 Å². The summed E-state index contributed by atoms with van der Waals surface area (Å²) >= 11 is 3.14. The van der Waals surface area contributed by atoms with Crippen molar-refractivity contribution in [2.24, 2.45) is 0 Å². The van der Waals surface area contributed by atoms with Gasteiger partial charge in [0.25, 0.3) is 0 Å². The first kappa shape index (κ1) is 16.0. The molecule has 0 aliphatic carbocycles. The van der Waals surface area contributed by atoms with E-state index in [0.717, 1.165) is 0 Å². The predicted octanol–water partition coefficient (Wildman–Crippen LogP) is 4.04. The zero-order valence-electron chi connectivity index (χ0n) is 11.6. The van der Waals surface area contributed by atoms with Crippen LogP contribution in [0.15, 0.2) is 22.7 Å². The Morgan fingerprint density at radius 2 is 2.11 bits per heavy atom. The summed E-state index contributed by atoms with van der Waals surface area (Å²) in [6.07, 6.45) is -0.0831. The Labute approximate surface area is 121 Å². The van der Waals surface area contributed by atoms with Crippen LogP contribution in [0.25, 0.3) is 0 Å². The second-order valence-electron chi connectivity index (χ2n) is 5.46. The first-order valence-electron chi connectivity index (χ1n) is 6.11. The highest BCUT2D eigenvalue weighted by atomic mass is 79.9. The van der Waals surface area contributed by atoms with Crippen LogP contribution >= 0.6 is 15.9 Å². The Kier molecular flexibility index (Phi) is 5.35. The summed E-state index contributed by atoms with van der Waals surface area (Å²) in [5.41, 5.74) is 0.0168. The molecule has 19 heavy (non-hydrogen) atoms. The lowest BCUT2D eigenvalue weighted by molar-refractivity contribution is 0.0508. The quantitative estimate of drug-likeness (QED) is 0.907. The third-order valence-corrected chi connectivity index (χ3v) is 2.93. The standard InChI is InChI=1S/C14H19BrFNO2/c1-9(17-13(18)19-14(2,3)4)8-10-6-5-7-11(15)12(10)16/h5-7,9H,8H2,1-4H3,(H,17,18). The van der Waals surface area contributed by atoms with Gasteiger partial charge in [-0.1, -0.05) is 12.1 Å². The van der Waals surface area contributed by atoms with Crippen molar-refractivity contribution in [3.63, 3.8) is 0 Å². The van der Waals surface area contributed by atoms with E-state index >= 15 is 0 Å². The van der Waals surface area contributed by atoms with Crippen LogP contribution < -0.4 is 5.32 Å². The maximum Gasteiger partial charge on any atom is 0.407 e. The average molecular weight is 332 g/mol. The smallest absolute Gasteiger partial charge is 0.407 e. The van der Waals surface area contributed by atoms with Crippen LogP contribution in [0, 0.1) is 5.82 Å². The third kappa shape index (κ3) is 5.59. The van der Waals surface area contributed by atoms with Crippen molar-refractivity contribution >= 4 is 22.0 Å². The number of benzene rings is 1. The molecule has 0 aliphatic heterocycles. The fourth-order valence-corrected chi connectivity index (χ4v) is 2.00. The number of rotatable bonds is 3. The van der Waals surface area contributed by atoms with Gasteiger partial charge in [0.05, 0.1) is 4.47 Å². The maximum absolute atomic E-state index is 13.8. The monoisotopic (exact) mass is 331 g/mol. The van der Waals surface area contributed by atoms with E-state index in [1.807, 2.05) is 6.92 Å². The van der Waals surface area contributed by atoms with Crippen LogP contribution in [0.2, 0.25) is 0 Å². The molecule has 0 radical (unpaired) electrons. The highest BCUT2D eigenvalue weighted by molar-refractivity contribution is 9.10. The predicted molar refractivity (Wildman–Crippen MR) is 76.6 cm³/mol. The average Bonchev–Trinajstić information content (AvgIpc) is 2.21. The first-order chi connectivity index (χ1) is 8.69. The van der Waals surface area contributed by atoms with E-state index in [-0.39, 0.29) is 11.9 Å². The molecule has 1 unspecified atom stereocenters. The Morgan fingerprint density at radius 3 is 2.68 bits per heavy atom. The van der Waals surface area contributed by atoms with Crippen molar-refractivity contribution in [3.05, 3.63) is 34.1 Å². The van der Waals surface area contributed by atoms with Crippen LogP contribution in [-0.2, 0) is 11.2 Å². The maximum atomic E-state index is 13.8. The molecule has 1 amide bonds. The summed E-state index contributed by atoms with van der Waals surface area (Å²) in [6.45, 7) is 7.20. The second-order valence-corrected chi connectivity index (χ2v) is 6.32. The van der Waals surface area contributed by atoms with Crippen molar-refractivity contribution < 1.29 is 13.9 Å². The van der Waals surface area contributed by atoms with Gasteiger partial charge in [-0.05, 0) is 61.7 Å². The Hall–Kier alpha value is -1.10. The third-order valence-electron chi connectivity index (χ3n) is 2.32. The largest absolute Gasteiger partial charge is 0.444 e. The molecule has 0 saturated heterocycles. The van der Waals surface area contributed by atoms with Gasteiger partial charge < -0.3 is 10.1 Å². The molecule has 0 saturated carbocycles. The first-order valence-corrected chi connectivity index (χ1v) is 6.91. The van der Waals surface area contributed by atoms with Gasteiger partial charge in [0, 0.05) is 6.04 Å². The number of nitrogens with one attached hydrogen (secondary N) is 1. The van der Waals surface area contributed by atoms with Crippen molar-refractivity contribution in [1.29, 1.82) is 0 Å². The molecule has 0 aliphatic rings. The molecule has 0 heterocycles. The minimum absolute atomic E-state index is 0.210. The number of halogens is 2. The Bertz CT molecular complexity index is 457. The van der Waals surface area contributed by atoms with Gasteiger partial charge in [0.1, 0.15) is 11.4 Å². The van der Waals surface area contributed by atoms with Gasteiger partial charge in [-0.3, -0.25) is 0 Å². The molecule has 1 rings (SSSR count). The molecular formula is C14H19BrFNO2. The number of alkyl carbamates (subject to hydrolysis) is 1. The van der Waals surface area contributed by atoms with Crippen molar-refractivity contribution in [2.45, 2.75) is 45.8 Å². The van der Waals surface area contributed by atoms with Crippen molar-refractivity contribution in [3.8, 4) is 0 Å². The summed E-state index contributed by atoms with van der Waals surface area (Å²) < 4.78 is 19.4. The topological polar surface area (TPSA) is 38.3 Å². The summed E-state index contributed by atoms with van der Waals surface area (Å²) in [7, 11) is 0. The van der Waals surface area contributed by atoms with Crippen molar-refractivity contribution in [2.75, 3.05) is 0 Å². The lowest BCUT2D eigenvalue weighted by atomic mass is 10.1. The van der Waals surface area contributed by atoms with E-state index in [9.17, 15) is 9.18 Å². The van der Waals surface area contributed by atoms with E-state index in [4.69, 9.17) is 4.74 Å². The highest BCUT2D eigenvalue weighted by Crippen LogP contribution is 2.19. The molecule has 5 heteroatoms. The Morgan fingerprint density at radius 1 is 1.47 bits per heavy atom. The van der Waals surface area contributed by atoms with Gasteiger partial charge in [-0.25, -0.2) is 9.18 Å². The van der Waals surface area contributed by atoms with Gasteiger partial charge in [0.2, 0.25) is 0 Å². The molecule has 1 aromatic rings. The minimum atomic E-state index is -0.537. The number of amides is 1. The molecule has 0 bridgehead atoms. The van der Waals surface area contributed by atoms with Crippen molar-refractivity contribution in [1.82, 2.24) is 5.32 Å². The van der Waals surface area contributed by atoms with Gasteiger partial charge in [-0.15, -0.1) is 0 Å². The summed E-state index contributed by atoms with van der Waals surface area (Å²) in [4.78, 5) is 11.6. The van der Waals surface area contributed by atoms with E-state index in [1.54, 1.807) is 39.0 Å². The lowest BCUT2D eigenvalue weighted by Gasteiger charge is -2.22. The SMILES string of the molecule is CC(Cc1cccc(Br)c1F)NC(=O)OC(C)(C)C. The van der Waals surface area contributed by atoms with Crippen LogP contribution in [0.1, 0.15) is 33.3 Å². The molecule has 0 fully saturated rings. The molecule has 3 nitrogen and oxygen atoms in total. The summed E-state index contributed by atoms with van der Waals surface area (Å²) in [5.74, 6) is -0.291. The molecule has 0 spiro atoms. The zero-order valence-corrected chi connectivity index (χ0v) is 13.2. The zero-order chi connectivity index (χ0) is 14.6. The number of carbonyl (C=O) groups is 1. The highest BCUT2D eigenvalue weighted by Gasteiger charge is 2.18. The fraction of sp³-hybridized carbons (Fsp3) is 0.500. The summed E-state index contributed by atoms with van der Waals surface area (Å²) in [5, 5.41) is 2.69. The second kappa shape index (κ2) is 6.37. The number of ether oxygens (including phenoxy) is 1.